The van der Waals surface area contributed by atoms with Crippen molar-refractivity contribution < 1.29 is 19.1 Å². The number of hydrogen-bond donors (Lipinski definition) is 1. The maximum absolute atomic E-state index is 13.9. The average molecular weight is 519 g/mol. The quantitative estimate of drug-likeness (QED) is 0.200. The maximum Gasteiger partial charge on any atom is 0.247 e. The topological polar surface area (TPSA) is 67.9 Å². The van der Waals surface area contributed by atoms with Gasteiger partial charge in [0.2, 0.25) is 11.8 Å². The fraction of sp³-hybridized carbons (Fsp3) is 0.655. The number of benzene rings is 1. The lowest BCUT2D eigenvalue weighted by Gasteiger charge is -2.33. The summed E-state index contributed by atoms with van der Waals surface area (Å²) in [7, 11) is 1.59. The number of amides is 2. The van der Waals surface area contributed by atoms with Crippen LogP contribution in [0, 0.1) is 0 Å². The van der Waals surface area contributed by atoms with Crippen molar-refractivity contribution in [2.45, 2.75) is 96.1 Å². The van der Waals surface area contributed by atoms with E-state index in [-0.39, 0.29) is 23.7 Å². The lowest BCUT2D eigenvalue weighted by Crippen LogP contribution is -2.47. The Labute approximate surface area is 221 Å². The number of hydrogen-bond acceptors (Lipinski definition) is 4. The van der Waals surface area contributed by atoms with Crippen molar-refractivity contribution in [1.29, 1.82) is 0 Å². The highest BCUT2D eigenvalue weighted by Gasteiger charge is 2.33. The second-order valence-corrected chi connectivity index (χ2v) is 10.2. The molecular weight excluding hydrogens is 476 g/mol. The lowest BCUT2D eigenvalue weighted by molar-refractivity contribution is -0.139. The normalized spacial score (nSPS) is 17.5. The molecule has 0 aromatic heterocycles. The van der Waals surface area contributed by atoms with Crippen LogP contribution in [0.4, 0.5) is 0 Å². The van der Waals surface area contributed by atoms with Crippen LogP contribution < -0.4 is 14.8 Å². The van der Waals surface area contributed by atoms with Crippen molar-refractivity contribution in [2.24, 2.45) is 0 Å². The molecule has 0 heterocycles. The van der Waals surface area contributed by atoms with Gasteiger partial charge in [-0.3, -0.25) is 9.59 Å². The third-order valence-electron chi connectivity index (χ3n) is 7.22. The molecule has 3 rings (SSSR count). The number of methoxy groups -OCH3 is 1. The molecular formula is C29H43ClN2O4. The number of allylic oxidation sites excluding steroid dienone is 1. The van der Waals surface area contributed by atoms with E-state index in [4.69, 9.17) is 21.1 Å². The smallest absolute Gasteiger partial charge is 0.247 e. The Morgan fingerprint density at radius 2 is 1.89 bits per heavy atom. The SMILES string of the molecule is CCCOc1ccc([C@H](C(=O)NC2CCCCCC2)N(CCC2=CCCCC2)C(=O)CCl)cc1OC. The Kier molecular flexibility index (Phi) is 11.9. The second-order valence-electron chi connectivity index (χ2n) is 9.94. The molecule has 0 bridgehead atoms. The lowest BCUT2D eigenvalue weighted by atomic mass is 9.96. The number of alkyl halides is 1. The van der Waals surface area contributed by atoms with Gasteiger partial charge in [0.05, 0.1) is 13.7 Å². The van der Waals surface area contributed by atoms with Crippen LogP contribution in [0.3, 0.4) is 0 Å². The highest BCUT2D eigenvalue weighted by Crippen LogP contribution is 2.34. The molecule has 2 aliphatic carbocycles. The molecule has 0 saturated heterocycles. The second kappa shape index (κ2) is 15.1. The molecule has 0 unspecified atom stereocenters. The summed E-state index contributed by atoms with van der Waals surface area (Å²) < 4.78 is 11.4. The van der Waals surface area contributed by atoms with Crippen molar-refractivity contribution in [2.75, 3.05) is 26.1 Å². The van der Waals surface area contributed by atoms with Crippen molar-refractivity contribution in [3.8, 4) is 11.5 Å². The summed E-state index contributed by atoms with van der Waals surface area (Å²) in [5, 5.41) is 3.28. The minimum Gasteiger partial charge on any atom is -0.493 e. The van der Waals surface area contributed by atoms with E-state index < -0.39 is 6.04 Å². The van der Waals surface area contributed by atoms with Crippen LogP contribution >= 0.6 is 11.6 Å². The number of halogens is 1. The van der Waals surface area contributed by atoms with E-state index in [1.807, 2.05) is 25.1 Å². The molecule has 1 N–H and O–H groups in total. The fourth-order valence-corrected chi connectivity index (χ4v) is 5.39. The molecule has 36 heavy (non-hydrogen) atoms. The number of carbonyl (C=O) groups excluding carboxylic acids is 2. The third-order valence-corrected chi connectivity index (χ3v) is 7.45. The van der Waals surface area contributed by atoms with E-state index in [1.54, 1.807) is 12.0 Å². The molecule has 2 aliphatic rings. The fourth-order valence-electron chi connectivity index (χ4n) is 5.23. The Balaban J connectivity index is 1.92. The van der Waals surface area contributed by atoms with E-state index in [0.29, 0.717) is 30.2 Å². The first kappa shape index (κ1) is 28.4. The molecule has 7 heteroatoms. The predicted octanol–water partition coefficient (Wildman–Crippen LogP) is 6.32. The Morgan fingerprint density at radius 3 is 2.53 bits per heavy atom. The molecule has 2 amide bonds. The van der Waals surface area contributed by atoms with Gasteiger partial charge in [-0.25, -0.2) is 0 Å². The molecule has 6 nitrogen and oxygen atoms in total. The minimum atomic E-state index is -0.780. The first-order valence-corrected chi connectivity index (χ1v) is 14.2. The van der Waals surface area contributed by atoms with Crippen LogP contribution in [-0.4, -0.2) is 48.9 Å². The molecule has 1 aromatic rings. The van der Waals surface area contributed by atoms with Crippen LogP contribution in [0.2, 0.25) is 0 Å². The third kappa shape index (κ3) is 8.16. The molecule has 1 aromatic carbocycles. The highest BCUT2D eigenvalue weighted by atomic mass is 35.5. The number of carbonyl (C=O) groups is 2. The zero-order chi connectivity index (χ0) is 25.8. The van der Waals surface area contributed by atoms with Gasteiger partial charge < -0.3 is 19.7 Å². The van der Waals surface area contributed by atoms with Gasteiger partial charge in [-0.15, -0.1) is 11.6 Å². The summed E-state index contributed by atoms with van der Waals surface area (Å²) in [6.07, 6.45) is 15.0. The summed E-state index contributed by atoms with van der Waals surface area (Å²) in [6, 6.07) is 4.89. The number of ether oxygens (including phenoxy) is 2. The zero-order valence-electron chi connectivity index (χ0n) is 22.0. The summed E-state index contributed by atoms with van der Waals surface area (Å²) in [6.45, 7) is 3.08. The van der Waals surface area contributed by atoms with Gasteiger partial charge in [-0.05, 0) is 69.1 Å². The summed E-state index contributed by atoms with van der Waals surface area (Å²) in [5.74, 6) is 0.637. The van der Waals surface area contributed by atoms with E-state index in [1.165, 1.54) is 31.3 Å². The molecule has 0 radical (unpaired) electrons. The van der Waals surface area contributed by atoms with Gasteiger partial charge in [-0.2, -0.15) is 0 Å². The highest BCUT2D eigenvalue weighted by molar-refractivity contribution is 6.27. The van der Waals surface area contributed by atoms with E-state index in [9.17, 15) is 9.59 Å². The van der Waals surface area contributed by atoms with Gasteiger partial charge >= 0.3 is 0 Å². The molecule has 0 spiro atoms. The number of rotatable bonds is 12. The predicted molar refractivity (Wildman–Crippen MR) is 145 cm³/mol. The van der Waals surface area contributed by atoms with E-state index >= 15 is 0 Å². The number of nitrogens with zero attached hydrogens (tertiary/aromatic N) is 1. The van der Waals surface area contributed by atoms with Crippen LogP contribution in [0.25, 0.3) is 0 Å². The maximum atomic E-state index is 13.9. The summed E-state index contributed by atoms with van der Waals surface area (Å²) >= 11 is 6.08. The first-order chi connectivity index (χ1) is 17.6. The Bertz CT molecular complexity index is 880. The van der Waals surface area contributed by atoms with Crippen molar-refractivity contribution in [3.05, 3.63) is 35.4 Å². The van der Waals surface area contributed by atoms with Crippen LogP contribution in [0.15, 0.2) is 29.8 Å². The standard InChI is InChI=1S/C29H43ClN2O4/c1-3-19-36-25-16-15-23(20-26(25)35-2)28(29(34)31-24-13-9-4-5-10-14-24)32(27(33)21-30)18-17-22-11-7-6-8-12-22/h11,15-16,20,24,28H,3-10,12-14,17-19,21H2,1-2H3,(H,31,34)/t28-/m1/s1. The molecule has 1 atom stereocenters. The monoisotopic (exact) mass is 518 g/mol. The van der Waals surface area contributed by atoms with Crippen molar-refractivity contribution in [1.82, 2.24) is 10.2 Å². The Hall–Kier alpha value is -2.21. The summed E-state index contributed by atoms with van der Waals surface area (Å²) in [5.41, 5.74) is 2.07. The van der Waals surface area contributed by atoms with Gasteiger partial charge in [0.15, 0.2) is 11.5 Å². The molecule has 1 fully saturated rings. The first-order valence-electron chi connectivity index (χ1n) is 13.7. The largest absolute Gasteiger partial charge is 0.493 e. The summed E-state index contributed by atoms with van der Waals surface area (Å²) in [4.78, 5) is 28.7. The molecule has 1 saturated carbocycles. The van der Waals surface area contributed by atoms with Gasteiger partial charge in [-0.1, -0.05) is 50.3 Å². The van der Waals surface area contributed by atoms with E-state index in [2.05, 4.69) is 11.4 Å². The van der Waals surface area contributed by atoms with Crippen molar-refractivity contribution in [3.63, 3.8) is 0 Å². The molecule has 200 valence electrons. The minimum absolute atomic E-state index is 0.130. The van der Waals surface area contributed by atoms with Crippen LogP contribution in [-0.2, 0) is 9.59 Å². The van der Waals surface area contributed by atoms with Crippen LogP contribution in [0.1, 0.15) is 95.6 Å². The van der Waals surface area contributed by atoms with Gasteiger partial charge in [0.25, 0.3) is 0 Å². The van der Waals surface area contributed by atoms with Crippen molar-refractivity contribution >= 4 is 23.4 Å². The van der Waals surface area contributed by atoms with E-state index in [0.717, 1.165) is 51.4 Å². The van der Waals surface area contributed by atoms with Gasteiger partial charge in [0.1, 0.15) is 11.9 Å². The van der Waals surface area contributed by atoms with Gasteiger partial charge in [0, 0.05) is 12.6 Å². The Morgan fingerprint density at radius 1 is 1.11 bits per heavy atom. The average Bonchev–Trinajstić information content (AvgIpc) is 3.18. The van der Waals surface area contributed by atoms with Crippen LogP contribution in [0.5, 0.6) is 11.5 Å². The number of nitrogens with one attached hydrogen (secondary N) is 1. The zero-order valence-corrected chi connectivity index (χ0v) is 22.8. The molecule has 0 aliphatic heterocycles.